The number of nitrogens with zero attached hydrogens (tertiary/aromatic N) is 1. The van der Waals surface area contributed by atoms with Crippen LogP contribution in [0.3, 0.4) is 0 Å². The van der Waals surface area contributed by atoms with Crippen LogP contribution in [0.5, 0.6) is 0 Å². The second-order valence-electron chi connectivity index (χ2n) is 6.39. The van der Waals surface area contributed by atoms with E-state index in [1.54, 1.807) is 0 Å². The van der Waals surface area contributed by atoms with Gasteiger partial charge < -0.3 is 19.7 Å². The lowest BCUT2D eigenvalue weighted by Gasteiger charge is -2.38. The van der Waals surface area contributed by atoms with E-state index in [1.165, 1.54) is 4.90 Å². The highest BCUT2D eigenvalue weighted by Crippen LogP contribution is 2.17. The predicted molar refractivity (Wildman–Crippen MR) is 94.1 cm³/mol. The second-order valence-corrected chi connectivity index (χ2v) is 7.64. The maximum Gasteiger partial charge on any atom is 0.410 e. The third-order valence-corrected chi connectivity index (χ3v) is 3.84. The predicted octanol–water partition coefficient (Wildman–Crippen LogP) is 3.14. The van der Waals surface area contributed by atoms with E-state index in [0.717, 1.165) is 9.13 Å². The molecule has 126 valence electrons. The number of benzene rings is 1. The summed E-state index contributed by atoms with van der Waals surface area (Å²) in [5.74, 6) is 0. The number of carbonyl (C=O) groups is 2. The Morgan fingerprint density at radius 3 is 2.43 bits per heavy atom. The van der Waals surface area contributed by atoms with Crippen molar-refractivity contribution in [3.05, 3.63) is 33.4 Å². The number of hydrogen-bond acceptors (Lipinski definition) is 4. The molecular weight excluding hydrogens is 411 g/mol. The largest absolute Gasteiger partial charge is 0.444 e. The number of halogens is 1. The van der Waals surface area contributed by atoms with Crippen molar-refractivity contribution in [2.75, 3.05) is 13.1 Å². The molecule has 23 heavy (non-hydrogen) atoms. The SMILES string of the molecule is CC(C)(C)OC(=O)N1CC(OC(=O)NCc2ccc(I)cc2)C1. The number of likely N-dealkylation sites (tertiary alicyclic amines) is 1. The van der Waals surface area contributed by atoms with Crippen LogP contribution in [0.2, 0.25) is 0 Å². The van der Waals surface area contributed by atoms with E-state index in [1.807, 2.05) is 45.0 Å². The van der Waals surface area contributed by atoms with Gasteiger partial charge in [-0.25, -0.2) is 9.59 Å². The number of carbonyl (C=O) groups excluding carboxylic acids is 2. The number of nitrogens with one attached hydrogen (secondary N) is 1. The van der Waals surface area contributed by atoms with Gasteiger partial charge in [0, 0.05) is 10.1 Å². The van der Waals surface area contributed by atoms with Gasteiger partial charge in [-0.2, -0.15) is 0 Å². The number of alkyl carbamates (subject to hydrolysis) is 1. The molecule has 1 aromatic carbocycles. The molecule has 1 aliphatic heterocycles. The molecule has 6 nitrogen and oxygen atoms in total. The van der Waals surface area contributed by atoms with E-state index in [-0.39, 0.29) is 12.2 Å². The van der Waals surface area contributed by atoms with Gasteiger partial charge in [0.25, 0.3) is 0 Å². The molecule has 0 spiro atoms. The highest BCUT2D eigenvalue weighted by atomic mass is 127. The Balaban J connectivity index is 1.66. The second kappa shape index (κ2) is 7.37. The minimum absolute atomic E-state index is 0.278. The molecule has 0 aromatic heterocycles. The number of rotatable bonds is 3. The van der Waals surface area contributed by atoms with Gasteiger partial charge in [0.1, 0.15) is 11.7 Å². The summed E-state index contributed by atoms with van der Waals surface area (Å²) >= 11 is 2.23. The number of amides is 2. The van der Waals surface area contributed by atoms with Gasteiger partial charge in [-0.15, -0.1) is 0 Å². The van der Waals surface area contributed by atoms with E-state index in [4.69, 9.17) is 9.47 Å². The van der Waals surface area contributed by atoms with E-state index in [2.05, 4.69) is 27.9 Å². The van der Waals surface area contributed by atoms with Crippen molar-refractivity contribution < 1.29 is 19.1 Å². The zero-order chi connectivity index (χ0) is 17.0. The Hall–Kier alpha value is -1.51. The van der Waals surface area contributed by atoms with E-state index < -0.39 is 11.7 Å². The van der Waals surface area contributed by atoms with E-state index in [0.29, 0.717) is 19.6 Å². The van der Waals surface area contributed by atoms with Crippen LogP contribution in [-0.2, 0) is 16.0 Å². The number of ether oxygens (including phenoxy) is 2. The fraction of sp³-hybridized carbons (Fsp3) is 0.500. The van der Waals surface area contributed by atoms with Gasteiger partial charge in [0.15, 0.2) is 0 Å². The van der Waals surface area contributed by atoms with Gasteiger partial charge in [-0.3, -0.25) is 0 Å². The van der Waals surface area contributed by atoms with Crippen LogP contribution in [0.4, 0.5) is 9.59 Å². The molecule has 0 saturated carbocycles. The minimum atomic E-state index is -0.520. The lowest BCUT2D eigenvalue weighted by molar-refractivity contribution is -0.0366. The summed E-state index contributed by atoms with van der Waals surface area (Å²) in [6, 6.07) is 7.87. The zero-order valence-electron chi connectivity index (χ0n) is 13.5. The smallest absolute Gasteiger partial charge is 0.410 e. The van der Waals surface area contributed by atoms with Crippen LogP contribution in [0.25, 0.3) is 0 Å². The molecule has 0 aliphatic carbocycles. The van der Waals surface area contributed by atoms with Crippen molar-refractivity contribution in [3.8, 4) is 0 Å². The molecule has 7 heteroatoms. The van der Waals surface area contributed by atoms with Crippen LogP contribution in [0, 0.1) is 3.57 Å². The van der Waals surface area contributed by atoms with Crippen molar-refractivity contribution in [1.29, 1.82) is 0 Å². The van der Waals surface area contributed by atoms with Crippen molar-refractivity contribution in [2.45, 2.75) is 39.0 Å². The first-order chi connectivity index (χ1) is 10.7. The lowest BCUT2D eigenvalue weighted by Crippen LogP contribution is -2.57. The fourth-order valence-corrected chi connectivity index (χ4v) is 2.32. The van der Waals surface area contributed by atoms with Crippen LogP contribution in [-0.4, -0.2) is 41.9 Å². The van der Waals surface area contributed by atoms with E-state index in [9.17, 15) is 9.59 Å². The first-order valence-corrected chi connectivity index (χ1v) is 8.48. The van der Waals surface area contributed by atoms with Crippen LogP contribution >= 0.6 is 22.6 Å². The molecule has 1 heterocycles. The van der Waals surface area contributed by atoms with Gasteiger partial charge in [0.2, 0.25) is 0 Å². The van der Waals surface area contributed by atoms with Crippen LogP contribution in [0.1, 0.15) is 26.3 Å². The monoisotopic (exact) mass is 432 g/mol. The molecule has 1 fully saturated rings. The molecule has 0 unspecified atom stereocenters. The maximum atomic E-state index is 11.8. The highest BCUT2D eigenvalue weighted by molar-refractivity contribution is 14.1. The minimum Gasteiger partial charge on any atom is -0.444 e. The van der Waals surface area contributed by atoms with Gasteiger partial charge in [-0.05, 0) is 61.1 Å². The maximum absolute atomic E-state index is 11.8. The molecule has 1 aromatic rings. The average molecular weight is 432 g/mol. The molecular formula is C16H21IN2O4. The molecule has 2 amide bonds. The quantitative estimate of drug-likeness (QED) is 0.746. The standard InChI is InChI=1S/C16H21IN2O4/c1-16(2,3)23-15(21)19-9-13(10-19)22-14(20)18-8-11-4-6-12(17)7-5-11/h4-7,13H,8-10H2,1-3H3,(H,18,20). The molecule has 1 aliphatic rings. The third-order valence-electron chi connectivity index (χ3n) is 3.12. The molecule has 1 N–H and O–H groups in total. The summed E-state index contributed by atoms with van der Waals surface area (Å²) in [6.07, 6.45) is -1.13. The Morgan fingerprint density at radius 1 is 1.26 bits per heavy atom. The van der Waals surface area contributed by atoms with E-state index >= 15 is 0 Å². The first kappa shape index (κ1) is 17.8. The van der Waals surface area contributed by atoms with Gasteiger partial charge >= 0.3 is 12.2 Å². The van der Waals surface area contributed by atoms with Crippen molar-refractivity contribution in [1.82, 2.24) is 10.2 Å². The van der Waals surface area contributed by atoms with Crippen molar-refractivity contribution in [3.63, 3.8) is 0 Å². The summed E-state index contributed by atoms with van der Waals surface area (Å²) in [6.45, 7) is 6.60. The molecule has 2 rings (SSSR count). The summed E-state index contributed by atoms with van der Waals surface area (Å²) in [5, 5.41) is 2.70. The molecule has 0 radical (unpaired) electrons. The Labute approximate surface area is 149 Å². The van der Waals surface area contributed by atoms with Crippen LogP contribution in [0.15, 0.2) is 24.3 Å². The summed E-state index contributed by atoms with van der Waals surface area (Å²) in [4.78, 5) is 25.0. The fourth-order valence-electron chi connectivity index (χ4n) is 1.96. The van der Waals surface area contributed by atoms with Crippen molar-refractivity contribution in [2.24, 2.45) is 0 Å². The molecule has 0 atom stereocenters. The Morgan fingerprint density at radius 2 is 1.87 bits per heavy atom. The zero-order valence-corrected chi connectivity index (χ0v) is 15.6. The first-order valence-electron chi connectivity index (χ1n) is 7.40. The summed E-state index contributed by atoms with van der Waals surface area (Å²) in [7, 11) is 0. The number of hydrogen-bond donors (Lipinski definition) is 1. The van der Waals surface area contributed by atoms with Gasteiger partial charge in [-0.1, -0.05) is 12.1 Å². The summed E-state index contributed by atoms with van der Waals surface area (Å²) in [5.41, 5.74) is 0.486. The van der Waals surface area contributed by atoms with Gasteiger partial charge in [0.05, 0.1) is 13.1 Å². The third kappa shape index (κ3) is 5.89. The lowest BCUT2D eigenvalue weighted by atomic mass is 10.2. The Bertz CT molecular complexity index is 562. The summed E-state index contributed by atoms with van der Waals surface area (Å²) < 4.78 is 11.6. The highest BCUT2D eigenvalue weighted by Gasteiger charge is 2.36. The van der Waals surface area contributed by atoms with Crippen LogP contribution < -0.4 is 5.32 Å². The normalized spacial score (nSPS) is 14.9. The molecule has 0 bridgehead atoms. The van der Waals surface area contributed by atoms with Crippen molar-refractivity contribution >= 4 is 34.8 Å². The average Bonchev–Trinajstić information content (AvgIpc) is 2.39. The Kier molecular flexibility index (Phi) is 5.72. The molecule has 1 saturated heterocycles. The topological polar surface area (TPSA) is 67.9 Å².